The van der Waals surface area contributed by atoms with Gasteiger partial charge in [0.15, 0.2) is 0 Å². The summed E-state index contributed by atoms with van der Waals surface area (Å²) in [5.74, 6) is 0.161. The van der Waals surface area contributed by atoms with E-state index in [4.69, 9.17) is 5.11 Å². The number of carbonyl (C=O) groups is 1. The van der Waals surface area contributed by atoms with E-state index < -0.39 is 5.97 Å². The molecule has 0 fully saturated rings. The lowest BCUT2D eigenvalue weighted by molar-refractivity contribution is 0.0696. The van der Waals surface area contributed by atoms with Crippen LogP contribution < -0.4 is 0 Å². The molecule has 1 aliphatic rings. The molecule has 2 nitrogen and oxygen atoms in total. The van der Waals surface area contributed by atoms with Crippen LogP contribution >= 0.6 is 11.8 Å². The predicted octanol–water partition coefficient (Wildman–Crippen LogP) is 2.89. The summed E-state index contributed by atoms with van der Waals surface area (Å²) >= 11 is 1.72. The van der Waals surface area contributed by atoms with E-state index in [1.165, 1.54) is 0 Å². The molecule has 0 radical (unpaired) electrons. The quantitative estimate of drug-likeness (QED) is 0.767. The van der Waals surface area contributed by atoms with Crippen molar-refractivity contribution in [3.63, 3.8) is 0 Å². The Balaban J connectivity index is 2.44. The first-order valence-corrected chi connectivity index (χ1v) is 5.42. The highest BCUT2D eigenvalue weighted by Gasteiger charge is 2.08. The van der Waals surface area contributed by atoms with Gasteiger partial charge in [-0.25, -0.2) is 4.79 Å². The van der Waals surface area contributed by atoms with E-state index in [1.807, 2.05) is 6.07 Å². The minimum atomic E-state index is -0.860. The molecule has 3 heteroatoms. The van der Waals surface area contributed by atoms with E-state index >= 15 is 0 Å². The fourth-order valence-electron chi connectivity index (χ4n) is 1.38. The molecule has 0 unspecified atom stereocenters. The molecule has 1 N–H and O–H groups in total. The molecule has 14 heavy (non-hydrogen) atoms. The molecule has 1 aliphatic heterocycles. The Morgan fingerprint density at radius 3 is 3.07 bits per heavy atom. The van der Waals surface area contributed by atoms with Gasteiger partial charge in [-0.3, -0.25) is 0 Å². The van der Waals surface area contributed by atoms with Crippen LogP contribution in [-0.2, 0) is 0 Å². The molecule has 2 rings (SSSR count). The van der Waals surface area contributed by atoms with Crippen molar-refractivity contribution in [1.82, 2.24) is 0 Å². The minimum Gasteiger partial charge on any atom is -0.478 e. The van der Waals surface area contributed by atoms with Gasteiger partial charge in [0, 0.05) is 10.6 Å². The number of aromatic carboxylic acids is 1. The summed E-state index contributed by atoms with van der Waals surface area (Å²) < 4.78 is 0. The normalized spacial score (nSPS) is 14.6. The summed E-state index contributed by atoms with van der Waals surface area (Å²) in [4.78, 5) is 11.8. The second-order valence-corrected chi connectivity index (χ2v) is 4.23. The third-order valence-electron chi connectivity index (χ3n) is 2.10. The van der Waals surface area contributed by atoms with Gasteiger partial charge < -0.3 is 5.11 Å². The standard InChI is InChI=1S/C11H10O2S/c12-11(13)9-5-4-8-3-1-2-6-14-10(8)7-9/h1,3-5,7H,2,6H2,(H,12,13). The summed E-state index contributed by atoms with van der Waals surface area (Å²) in [5, 5.41) is 8.83. The second-order valence-electron chi connectivity index (χ2n) is 3.10. The first-order chi connectivity index (χ1) is 6.77. The maximum Gasteiger partial charge on any atom is 0.335 e. The van der Waals surface area contributed by atoms with Crippen molar-refractivity contribution >= 4 is 23.8 Å². The zero-order valence-corrected chi connectivity index (χ0v) is 8.38. The third-order valence-corrected chi connectivity index (χ3v) is 3.20. The van der Waals surface area contributed by atoms with Crippen molar-refractivity contribution in [2.24, 2.45) is 0 Å². The molecule has 0 aromatic heterocycles. The Hall–Kier alpha value is -1.22. The smallest absolute Gasteiger partial charge is 0.335 e. The molecule has 1 heterocycles. The van der Waals surface area contributed by atoms with Crippen LogP contribution in [0.1, 0.15) is 22.3 Å². The predicted molar refractivity (Wildman–Crippen MR) is 57.8 cm³/mol. The first kappa shape index (κ1) is 9.34. The van der Waals surface area contributed by atoms with E-state index in [1.54, 1.807) is 23.9 Å². The van der Waals surface area contributed by atoms with E-state index in [9.17, 15) is 4.79 Å². The fourth-order valence-corrected chi connectivity index (χ4v) is 2.36. The molecule has 0 spiro atoms. The molecule has 0 amide bonds. The lowest BCUT2D eigenvalue weighted by Gasteiger charge is -2.03. The zero-order valence-electron chi connectivity index (χ0n) is 7.56. The van der Waals surface area contributed by atoms with Crippen LogP contribution in [0.25, 0.3) is 6.08 Å². The maximum absolute atomic E-state index is 10.7. The van der Waals surface area contributed by atoms with E-state index in [0.717, 1.165) is 22.6 Å². The Morgan fingerprint density at radius 2 is 2.29 bits per heavy atom. The van der Waals surface area contributed by atoms with E-state index in [0.29, 0.717) is 5.56 Å². The first-order valence-electron chi connectivity index (χ1n) is 4.44. The van der Waals surface area contributed by atoms with Crippen molar-refractivity contribution in [1.29, 1.82) is 0 Å². The van der Waals surface area contributed by atoms with Crippen molar-refractivity contribution in [2.45, 2.75) is 11.3 Å². The van der Waals surface area contributed by atoms with Crippen molar-refractivity contribution < 1.29 is 9.90 Å². The molecular weight excluding hydrogens is 196 g/mol. The lowest BCUT2D eigenvalue weighted by atomic mass is 10.1. The minimum absolute atomic E-state index is 0.367. The van der Waals surface area contributed by atoms with Gasteiger partial charge in [-0.05, 0) is 24.1 Å². The van der Waals surface area contributed by atoms with Gasteiger partial charge in [-0.1, -0.05) is 18.2 Å². The van der Waals surface area contributed by atoms with Crippen LogP contribution in [0.15, 0.2) is 29.2 Å². The van der Waals surface area contributed by atoms with Crippen molar-refractivity contribution in [2.75, 3.05) is 5.75 Å². The SMILES string of the molecule is O=C(O)c1ccc2c(c1)SCCC=C2. The van der Waals surface area contributed by atoms with E-state index in [-0.39, 0.29) is 0 Å². The highest BCUT2D eigenvalue weighted by molar-refractivity contribution is 7.99. The molecule has 0 aliphatic carbocycles. The number of carboxylic acid groups (broad SMARTS) is 1. The molecular formula is C11H10O2S. The Morgan fingerprint density at radius 1 is 1.43 bits per heavy atom. The van der Waals surface area contributed by atoms with Gasteiger partial charge in [-0.2, -0.15) is 0 Å². The number of hydrogen-bond acceptors (Lipinski definition) is 2. The maximum atomic E-state index is 10.7. The fraction of sp³-hybridized carbons (Fsp3) is 0.182. The number of hydrogen-bond donors (Lipinski definition) is 1. The van der Waals surface area contributed by atoms with Gasteiger partial charge in [-0.15, -0.1) is 11.8 Å². The molecule has 0 bridgehead atoms. The largest absolute Gasteiger partial charge is 0.478 e. The van der Waals surface area contributed by atoms with E-state index in [2.05, 4.69) is 12.2 Å². The number of thioether (sulfide) groups is 1. The summed E-state index contributed by atoms with van der Waals surface area (Å²) in [6.07, 6.45) is 5.22. The zero-order chi connectivity index (χ0) is 9.97. The third kappa shape index (κ3) is 1.82. The molecule has 1 aromatic rings. The van der Waals surface area contributed by atoms with Crippen LogP contribution in [0.4, 0.5) is 0 Å². The summed E-state index contributed by atoms with van der Waals surface area (Å²) in [5.41, 5.74) is 1.49. The monoisotopic (exact) mass is 206 g/mol. The number of carboxylic acids is 1. The average Bonchev–Trinajstić information content (AvgIpc) is 2.41. The summed E-state index contributed by atoms with van der Waals surface area (Å²) in [7, 11) is 0. The van der Waals surface area contributed by atoms with Crippen molar-refractivity contribution in [3.05, 3.63) is 35.4 Å². The highest BCUT2D eigenvalue weighted by atomic mass is 32.2. The van der Waals surface area contributed by atoms with Gasteiger partial charge in [0.05, 0.1) is 5.56 Å². The van der Waals surface area contributed by atoms with Crippen LogP contribution in [0.2, 0.25) is 0 Å². The lowest BCUT2D eigenvalue weighted by Crippen LogP contribution is -1.96. The Labute approximate surface area is 86.6 Å². The number of rotatable bonds is 1. The Kier molecular flexibility index (Phi) is 2.59. The molecule has 1 aromatic carbocycles. The number of fused-ring (bicyclic) bond motifs is 1. The molecule has 72 valence electrons. The van der Waals surface area contributed by atoms with Gasteiger partial charge >= 0.3 is 5.97 Å². The van der Waals surface area contributed by atoms with Gasteiger partial charge in [0.2, 0.25) is 0 Å². The summed E-state index contributed by atoms with van der Waals surface area (Å²) in [6, 6.07) is 5.27. The molecule has 0 saturated carbocycles. The number of allylic oxidation sites excluding steroid dienone is 1. The second kappa shape index (κ2) is 3.88. The van der Waals surface area contributed by atoms with Crippen molar-refractivity contribution in [3.8, 4) is 0 Å². The topological polar surface area (TPSA) is 37.3 Å². The number of benzene rings is 1. The Bertz CT molecular complexity index is 396. The van der Waals surface area contributed by atoms with Crippen LogP contribution in [0.5, 0.6) is 0 Å². The summed E-state index contributed by atoms with van der Waals surface area (Å²) in [6.45, 7) is 0. The molecule has 0 saturated heterocycles. The van der Waals surface area contributed by atoms with Gasteiger partial charge in [0.25, 0.3) is 0 Å². The average molecular weight is 206 g/mol. The van der Waals surface area contributed by atoms with Crippen LogP contribution in [-0.4, -0.2) is 16.8 Å². The van der Waals surface area contributed by atoms with Crippen LogP contribution in [0, 0.1) is 0 Å². The van der Waals surface area contributed by atoms with Gasteiger partial charge in [0.1, 0.15) is 0 Å². The molecule has 0 atom stereocenters. The van der Waals surface area contributed by atoms with Crippen LogP contribution in [0.3, 0.4) is 0 Å². The highest BCUT2D eigenvalue weighted by Crippen LogP contribution is 2.28.